The highest BCUT2D eigenvalue weighted by Gasteiger charge is 2.27. The van der Waals surface area contributed by atoms with Crippen molar-refractivity contribution in [2.75, 3.05) is 14.2 Å². The summed E-state index contributed by atoms with van der Waals surface area (Å²) in [6.45, 7) is 3.53. The standard InChI is InChI=1S/C21H24FNO5/c1-13(2)19(23-20(24)15-7-5-6-8-16(15)22)21(25)28-12-14-9-10-17(26-3)18(11-14)27-4/h5-11,13,19H,12H2,1-4H3,(H,23,24)/t19-/m0/s1. The lowest BCUT2D eigenvalue weighted by Gasteiger charge is -2.21. The summed E-state index contributed by atoms with van der Waals surface area (Å²) in [5.41, 5.74) is 0.578. The third kappa shape index (κ3) is 5.22. The second kappa shape index (κ2) is 9.73. The molecule has 0 spiro atoms. The molecule has 1 N–H and O–H groups in total. The molecular weight excluding hydrogens is 365 g/mol. The molecule has 0 radical (unpaired) electrons. The van der Waals surface area contributed by atoms with Gasteiger partial charge in [-0.25, -0.2) is 9.18 Å². The number of hydrogen-bond donors (Lipinski definition) is 1. The lowest BCUT2D eigenvalue weighted by molar-refractivity contribution is -0.148. The van der Waals surface area contributed by atoms with E-state index in [1.807, 2.05) is 0 Å². The van der Waals surface area contributed by atoms with E-state index in [-0.39, 0.29) is 18.1 Å². The van der Waals surface area contributed by atoms with Crippen molar-refractivity contribution in [1.82, 2.24) is 5.32 Å². The molecule has 0 aliphatic heterocycles. The van der Waals surface area contributed by atoms with E-state index in [0.29, 0.717) is 17.1 Å². The minimum absolute atomic E-state index is 0.00201. The van der Waals surface area contributed by atoms with Gasteiger partial charge in [0.1, 0.15) is 18.5 Å². The van der Waals surface area contributed by atoms with Crippen molar-refractivity contribution in [2.24, 2.45) is 5.92 Å². The average molecular weight is 389 g/mol. The smallest absolute Gasteiger partial charge is 0.329 e. The lowest BCUT2D eigenvalue weighted by Crippen LogP contribution is -2.45. The quantitative estimate of drug-likeness (QED) is 0.701. The summed E-state index contributed by atoms with van der Waals surface area (Å²) in [6.07, 6.45) is 0. The van der Waals surface area contributed by atoms with E-state index in [1.165, 1.54) is 32.4 Å². The van der Waals surface area contributed by atoms with Crippen molar-refractivity contribution in [1.29, 1.82) is 0 Å². The number of halogens is 1. The minimum Gasteiger partial charge on any atom is -0.493 e. The van der Waals surface area contributed by atoms with E-state index in [1.54, 1.807) is 38.1 Å². The zero-order chi connectivity index (χ0) is 20.7. The molecule has 0 aromatic heterocycles. The first-order valence-electron chi connectivity index (χ1n) is 8.80. The molecule has 2 aromatic carbocycles. The Bertz CT molecular complexity index is 837. The summed E-state index contributed by atoms with van der Waals surface area (Å²) in [5.74, 6) is -1.08. The van der Waals surface area contributed by atoms with Crippen molar-refractivity contribution < 1.29 is 28.2 Å². The molecule has 6 nitrogen and oxygen atoms in total. The molecule has 1 atom stereocenters. The van der Waals surface area contributed by atoms with E-state index < -0.39 is 23.7 Å². The van der Waals surface area contributed by atoms with Crippen molar-refractivity contribution in [3.63, 3.8) is 0 Å². The summed E-state index contributed by atoms with van der Waals surface area (Å²) >= 11 is 0. The first-order valence-corrected chi connectivity index (χ1v) is 8.80. The normalized spacial score (nSPS) is 11.6. The Balaban J connectivity index is 2.05. The number of ether oxygens (including phenoxy) is 3. The molecule has 2 aromatic rings. The molecule has 0 bridgehead atoms. The van der Waals surface area contributed by atoms with Crippen molar-refractivity contribution >= 4 is 11.9 Å². The second-order valence-corrected chi connectivity index (χ2v) is 6.47. The van der Waals surface area contributed by atoms with Gasteiger partial charge in [0.25, 0.3) is 5.91 Å². The molecule has 0 saturated carbocycles. The Morgan fingerprint density at radius 2 is 1.71 bits per heavy atom. The van der Waals surface area contributed by atoms with E-state index in [2.05, 4.69) is 5.32 Å². The molecule has 7 heteroatoms. The van der Waals surface area contributed by atoms with Crippen molar-refractivity contribution in [3.05, 3.63) is 59.4 Å². The van der Waals surface area contributed by atoms with Crippen LogP contribution in [0, 0.1) is 11.7 Å². The largest absolute Gasteiger partial charge is 0.493 e. The third-order valence-electron chi connectivity index (χ3n) is 4.15. The van der Waals surface area contributed by atoms with Crippen LogP contribution in [-0.4, -0.2) is 32.1 Å². The first kappa shape index (κ1) is 21.2. The number of nitrogens with one attached hydrogen (secondary N) is 1. The van der Waals surface area contributed by atoms with E-state index in [0.717, 1.165) is 0 Å². The van der Waals surface area contributed by atoms with Gasteiger partial charge in [0, 0.05) is 0 Å². The second-order valence-electron chi connectivity index (χ2n) is 6.47. The van der Waals surface area contributed by atoms with Crippen LogP contribution in [0.4, 0.5) is 4.39 Å². The predicted octanol–water partition coefficient (Wildman–Crippen LogP) is 3.34. The lowest BCUT2D eigenvalue weighted by atomic mass is 10.0. The van der Waals surface area contributed by atoms with Gasteiger partial charge < -0.3 is 19.5 Å². The van der Waals surface area contributed by atoms with Gasteiger partial charge >= 0.3 is 5.97 Å². The highest BCUT2D eigenvalue weighted by Crippen LogP contribution is 2.27. The van der Waals surface area contributed by atoms with Gasteiger partial charge in [-0.1, -0.05) is 32.0 Å². The van der Waals surface area contributed by atoms with Gasteiger partial charge in [0.05, 0.1) is 19.8 Å². The number of esters is 1. The zero-order valence-corrected chi connectivity index (χ0v) is 16.3. The molecule has 0 saturated heterocycles. The van der Waals surface area contributed by atoms with Crippen LogP contribution in [0.1, 0.15) is 29.8 Å². The highest BCUT2D eigenvalue weighted by atomic mass is 19.1. The van der Waals surface area contributed by atoms with Crippen molar-refractivity contribution in [3.8, 4) is 11.5 Å². The molecule has 0 heterocycles. The fourth-order valence-electron chi connectivity index (χ4n) is 2.58. The number of benzene rings is 2. The van der Waals surface area contributed by atoms with Crippen molar-refractivity contribution in [2.45, 2.75) is 26.5 Å². The number of carbonyl (C=O) groups excluding carboxylic acids is 2. The maximum atomic E-state index is 13.8. The van der Waals surface area contributed by atoms with E-state index in [9.17, 15) is 14.0 Å². The van der Waals surface area contributed by atoms with Crippen LogP contribution in [0.25, 0.3) is 0 Å². The summed E-state index contributed by atoms with van der Waals surface area (Å²) in [4.78, 5) is 24.8. The Labute approximate surface area is 163 Å². The SMILES string of the molecule is COc1ccc(COC(=O)[C@@H](NC(=O)c2ccccc2F)C(C)C)cc1OC. The van der Waals surface area contributed by atoms with Gasteiger partial charge in [0.15, 0.2) is 11.5 Å². The average Bonchev–Trinajstić information content (AvgIpc) is 2.69. The third-order valence-corrected chi connectivity index (χ3v) is 4.15. The highest BCUT2D eigenvalue weighted by molar-refractivity contribution is 5.97. The van der Waals surface area contributed by atoms with Gasteiger partial charge in [-0.15, -0.1) is 0 Å². The van der Waals surface area contributed by atoms with E-state index in [4.69, 9.17) is 14.2 Å². The van der Waals surface area contributed by atoms with E-state index >= 15 is 0 Å². The molecule has 0 aliphatic carbocycles. The fourth-order valence-corrected chi connectivity index (χ4v) is 2.58. The Morgan fingerprint density at radius 3 is 2.32 bits per heavy atom. The molecule has 0 unspecified atom stereocenters. The van der Waals surface area contributed by atoms with Gasteiger partial charge in [-0.2, -0.15) is 0 Å². The Hall–Kier alpha value is -3.09. The van der Waals surface area contributed by atoms with Crippen LogP contribution in [-0.2, 0) is 16.1 Å². The molecule has 0 fully saturated rings. The summed E-state index contributed by atoms with van der Waals surface area (Å²) in [6, 6.07) is 9.84. The maximum absolute atomic E-state index is 13.8. The van der Waals surface area contributed by atoms with Gasteiger partial charge in [-0.3, -0.25) is 4.79 Å². The predicted molar refractivity (Wildman–Crippen MR) is 102 cm³/mol. The number of rotatable bonds is 8. The molecular formula is C21H24FNO5. The number of methoxy groups -OCH3 is 2. The number of carbonyl (C=O) groups is 2. The van der Waals surface area contributed by atoms with Crippen LogP contribution in [0.3, 0.4) is 0 Å². The van der Waals surface area contributed by atoms with Crippen LogP contribution in [0.5, 0.6) is 11.5 Å². The summed E-state index contributed by atoms with van der Waals surface area (Å²) in [7, 11) is 3.05. The molecule has 28 heavy (non-hydrogen) atoms. The molecule has 0 aliphatic rings. The Morgan fingerprint density at radius 1 is 1.04 bits per heavy atom. The fraction of sp³-hybridized carbons (Fsp3) is 0.333. The topological polar surface area (TPSA) is 73.9 Å². The Kier molecular flexibility index (Phi) is 7.37. The molecule has 1 amide bonds. The maximum Gasteiger partial charge on any atom is 0.329 e. The summed E-state index contributed by atoms with van der Waals surface area (Å²) < 4.78 is 29.5. The van der Waals surface area contributed by atoms with Crippen LogP contribution in [0.15, 0.2) is 42.5 Å². The van der Waals surface area contributed by atoms with Crippen LogP contribution >= 0.6 is 0 Å². The zero-order valence-electron chi connectivity index (χ0n) is 16.3. The summed E-state index contributed by atoms with van der Waals surface area (Å²) in [5, 5.41) is 2.55. The number of amides is 1. The minimum atomic E-state index is -0.910. The van der Waals surface area contributed by atoms with Gasteiger partial charge in [0.2, 0.25) is 0 Å². The monoisotopic (exact) mass is 389 g/mol. The molecule has 2 rings (SSSR count). The first-order chi connectivity index (χ1) is 13.4. The van der Waals surface area contributed by atoms with Crippen LogP contribution in [0.2, 0.25) is 0 Å². The van der Waals surface area contributed by atoms with Crippen LogP contribution < -0.4 is 14.8 Å². The number of hydrogen-bond acceptors (Lipinski definition) is 5. The molecule has 150 valence electrons. The van der Waals surface area contributed by atoms with Gasteiger partial charge in [-0.05, 0) is 35.7 Å².